The van der Waals surface area contributed by atoms with Crippen LogP contribution in [0.1, 0.15) is 74.8 Å². The lowest BCUT2D eigenvalue weighted by Crippen LogP contribution is -2.32. The molecule has 7 nitrogen and oxygen atoms in total. The Kier molecular flexibility index (Phi) is 8.58. The number of alkyl halides is 3. The molecule has 1 fully saturated rings. The van der Waals surface area contributed by atoms with E-state index in [0.717, 1.165) is 17.5 Å². The number of halogens is 3. The number of amides is 1. The Labute approximate surface area is 226 Å². The van der Waals surface area contributed by atoms with Gasteiger partial charge in [0.05, 0.1) is 27.6 Å². The Morgan fingerprint density at radius 2 is 1.77 bits per heavy atom. The largest absolute Gasteiger partial charge is 0.461 e. The van der Waals surface area contributed by atoms with Crippen molar-refractivity contribution in [2.45, 2.75) is 82.6 Å². The van der Waals surface area contributed by atoms with Gasteiger partial charge in [-0.3, -0.25) is 9.36 Å². The minimum absolute atomic E-state index is 0.0181. The van der Waals surface area contributed by atoms with Crippen molar-refractivity contribution in [3.05, 3.63) is 53.6 Å². The van der Waals surface area contributed by atoms with Crippen LogP contribution in [-0.2, 0) is 16.4 Å². The number of fused-ring (bicyclic) bond motifs is 1. The van der Waals surface area contributed by atoms with E-state index in [-0.39, 0.29) is 48.1 Å². The number of imidazole rings is 1. The Bertz CT molecular complexity index is 1410. The summed E-state index contributed by atoms with van der Waals surface area (Å²) in [7, 11) is -3.29. The third kappa shape index (κ3) is 6.57. The lowest BCUT2D eigenvalue weighted by molar-refractivity contribution is -0.185. The predicted octanol–water partition coefficient (Wildman–Crippen LogP) is 6.23. The molecule has 1 aliphatic carbocycles. The average molecular weight is 566 g/mol. The molecule has 1 saturated carbocycles. The van der Waals surface area contributed by atoms with E-state index < -0.39 is 21.9 Å². The quantitative estimate of drug-likeness (QED) is 0.332. The number of aromatic nitrogens is 2. The summed E-state index contributed by atoms with van der Waals surface area (Å²) in [5.74, 6) is -1.58. The molecule has 1 aromatic heterocycles. The number of nitrogens with one attached hydrogen (secondary N) is 1. The van der Waals surface area contributed by atoms with E-state index in [1.807, 2.05) is 18.4 Å². The van der Waals surface area contributed by atoms with Crippen molar-refractivity contribution in [3.8, 4) is 6.01 Å². The van der Waals surface area contributed by atoms with Gasteiger partial charge in [-0.15, -0.1) is 0 Å². The van der Waals surface area contributed by atoms with E-state index in [2.05, 4.69) is 10.3 Å². The summed E-state index contributed by atoms with van der Waals surface area (Å²) in [6.45, 7) is 5.86. The first-order valence-electron chi connectivity index (χ1n) is 13.3. The highest BCUT2D eigenvalue weighted by Gasteiger charge is 2.42. The molecule has 1 aliphatic rings. The molecule has 0 radical (unpaired) electrons. The van der Waals surface area contributed by atoms with E-state index in [1.165, 1.54) is 12.1 Å². The summed E-state index contributed by atoms with van der Waals surface area (Å²) in [6, 6.07) is 12.0. The Hall–Kier alpha value is -3.08. The van der Waals surface area contributed by atoms with Gasteiger partial charge in [-0.05, 0) is 74.9 Å². The minimum atomic E-state index is -4.18. The predicted molar refractivity (Wildman–Crippen MR) is 143 cm³/mol. The first-order chi connectivity index (χ1) is 18.4. The first kappa shape index (κ1) is 28.9. The molecule has 2 aromatic carbocycles. The van der Waals surface area contributed by atoms with Crippen molar-refractivity contribution in [2.75, 3.05) is 5.75 Å². The second-order valence-corrected chi connectivity index (χ2v) is 12.4. The lowest BCUT2D eigenvalue weighted by Gasteiger charge is -2.30. The molecule has 1 atom stereocenters. The van der Waals surface area contributed by atoms with E-state index >= 15 is 0 Å². The molecular formula is C28H34F3N3O4S. The maximum Gasteiger partial charge on any atom is 0.391 e. The molecule has 11 heteroatoms. The third-order valence-corrected chi connectivity index (χ3v) is 9.23. The van der Waals surface area contributed by atoms with Crippen molar-refractivity contribution in [3.63, 3.8) is 0 Å². The zero-order valence-corrected chi connectivity index (χ0v) is 23.1. The van der Waals surface area contributed by atoms with Crippen LogP contribution in [0.5, 0.6) is 6.01 Å². The van der Waals surface area contributed by atoms with Gasteiger partial charge in [-0.25, -0.2) is 8.42 Å². The standard InChI is InChI=1S/C28H34F3N3O4S/c1-4-18(3)34-25-15-8-20(26(35)32-17-19-6-13-23(14-7-19)39(36,37)5-2)16-24(25)33-27(34)38-22-11-9-21(10-12-22)28(29,30)31/h6-8,13-16,18,21-22H,4-5,9-12,17H2,1-3H3,(H,32,35). The summed E-state index contributed by atoms with van der Waals surface area (Å²) in [4.78, 5) is 17.8. The maximum absolute atomic E-state index is 13.1. The van der Waals surface area contributed by atoms with Gasteiger partial charge >= 0.3 is 6.18 Å². The van der Waals surface area contributed by atoms with Crippen LogP contribution in [0.2, 0.25) is 0 Å². The van der Waals surface area contributed by atoms with E-state index in [0.29, 0.717) is 29.9 Å². The van der Waals surface area contributed by atoms with Crippen LogP contribution < -0.4 is 10.1 Å². The van der Waals surface area contributed by atoms with Gasteiger partial charge in [0.1, 0.15) is 6.10 Å². The monoisotopic (exact) mass is 565 g/mol. The van der Waals surface area contributed by atoms with Crippen LogP contribution in [0.25, 0.3) is 11.0 Å². The SMILES string of the molecule is CCC(C)n1c(OC2CCC(C(F)(F)F)CC2)nc2cc(C(=O)NCc3ccc(S(=O)(=O)CC)cc3)ccc21. The third-order valence-electron chi connectivity index (χ3n) is 7.48. The number of carbonyl (C=O) groups is 1. The molecule has 0 saturated heterocycles. The zero-order valence-electron chi connectivity index (χ0n) is 22.3. The van der Waals surface area contributed by atoms with Crippen LogP contribution in [-0.4, -0.2) is 41.9 Å². The number of hydrogen-bond acceptors (Lipinski definition) is 5. The van der Waals surface area contributed by atoms with Gasteiger partial charge in [-0.2, -0.15) is 18.2 Å². The number of rotatable bonds is 9. The number of carbonyl (C=O) groups excluding carboxylic acids is 1. The van der Waals surface area contributed by atoms with Crippen LogP contribution in [0.4, 0.5) is 13.2 Å². The van der Waals surface area contributed by atoms with Gasteiger partial charge in [0, 0.05) is 18.2 Å². The summed E-state index contributed by atoms with van der Waals surface area (Å²) >= 11 is 0. The van der Waals surface area contributed by atoms with E-state index in [9.17, 15) is 26.4 Å². The molecule has 1 unspecified atom stereocenters. The maximum atomic E-state index is 13.1. The lowest BCUT2D eigenvalue weighted by atomic mass is 9.87. The van der Waals surface area contributed by atoms with Gasteiger partial charge in [0.15, 0.2) is 9.84 Å². The second-order valence-electron chi connectivity index (χ2n) is 10.1. The second kappa shape index (κ2) is 11.6. The highest BCUT2D eigenvalue weighted by atomic mass is 32.2. The Morgan fingerprint density at radius 3 is 2.36 bits per heavy atom. The summed E-state index contributed by atoms with van der Waals surface area (Å²) < 4.78 is 71.3. The number of nitrogens with zero attached hydrogens (tertiary/aromatic N) is 2. The minimum Gasteiger partial charge on any atom is -0.461 e. The number of benzene rings is 2. The smallest absolute Gasteiger partial charge is 0.391 e. The van der Waals surface area contributed by atoms with Crippen LogP contribution in [0.15, 0.2) is 47.4 Å². The van der Waals surface area contributed by atoms with Gasteiger partial charge in [-0.1, -0.05) is 26.0 Å². The molecule has 0 spiro atoms. The first-order valence-corrected chi connectivity index (χ1v) is 14.9. The summed E-state index contributed by atoms with van der Waals surface area (Å²) in [5, 5.41) is 2.84. The van der Waals surface area contributed by atoms with Crippen LogP contribution in [0.3, 0.4) is 0 Å². The van der Waals surface area contributed by atoms with Gasteiger partial charge in [0.2, 0.25) is 0 Å². The van der Waals surface area contributed by atoms with Crippen molar-refractivity contribution in [2.24, 2.45) is 5.92 Å². The Balaban J connectivity index is 1.48. The van der Waals surface area contributed by atoms with Crippen molar-refractivity contribution in [1.82, 2.24) is 14.9 Å². The molecule has 39 heavy (non-hydrogen) atoms. The molecule has 4 rings (SSSR count). The number of ether oxygens (including phenoxy) is 1. The molecule has 3 aromatic rings. The van der Waals surface area contributed by atoms with E-state index in [4.69, 9.17) is 4.74 Å². The highest BCUT2D eigenvalue weighted by Crippen LogP contribution is 2.39. The zero-order chi connectivity index (χ0) is 28.4. The van der Waals surface area contributed by atoms with Crippen molar-refractivity contribution in [1.29, 1.82) is 0 Å². The van der Waals surface area contributed by atoms with Gasteiger partial charge < -0.3 is 10.1 Å². The van der Waals surface area contributed by atoms with E-state index in [1.54, 1.807) is 37.3 Å². The normalized spacial score (nSPS) is 19.1. The fourth-order valence-corrected chi connectivity index (χ4v) is 5.72. The molecule has 0 aliphatic heterocycles. The van der Waals surface area contributed by atoms with Crippen LogP contribution >= 0.6 is 0 Å². The van der Waals surface area contributed by atoms with Crippen LogP contribution in [0, 0.1) is 5.92 Å². The summed E-state index contributed by atoms with van der Waals surface area (Å²) in [5.41, 5.74) is 2.51. The number of hydrogen-bond donors (Lipinski definition) is 1. The number of sulfone groups is 1. The molecular weight excluding hydrogens is 531 g/mol. The van der Waals surface area contributed by atoms with Crippen molar-refractivity contribution >= 4 is 26.8 Å². The topological polar surface area (TPSA) is 90.3 Å². The molecule has 0 bridgehead atoms. The molecule has 1 amide bonds. The van der Waals surface area contributed by atoms with Gasteiger partial charge in [0.25, 0.3) is 11.9 Å². The highest BCUT2D eigenvalue weighted by molar-refractivity contribution is 7.91. The summed E-state index contributed by atoms with van der Waals surface area (Å²) in [6.07, 6.45) is -3.02. The molecule has 1 N–H and O–H groups in total. The average Bonchev–Trinajstić information content (AvgIpc) is 3.28. The fraction of sp³-hybridized carbons (Fsp3) is 0.500. The Morgan fingerprint density at radius 1 is 1.10 bits per heavy atom. The fourth-order valence-electron chi connectivity index (χ4n) is 4.83. The van der Waals surface area contributed by atoms with Crippen molar-refractivity contribution < 1.29 is 31.1 Å². The molecule has 212 valence electrons. The molecule has 1 heterocycles.